The predicted octanol–water partition coefficient (Wildman–Crippen LogP) is 2.25. The van der Waals surface area contributed by atoms with Crippen molar-refractivity contribution in [1.29, 1.82) is 0 Å². The van der Waals surface area contributed by atoms with E-state index < -0.39 is 5.97 Å². The molecule has 1 N–H and O–H groups in total. The molecule has 0 saturated carbocycles. The molecule has 20 heavy (non-hydrogen) atoms. The first kappa shape index (κ1) is 12.6. The van der Waals surface area contributed by atoms with Crippen LogP contribution in [0.15, 0.2) is 29.8 Å². The van der Waals surface area contributed by atoms with Crippen LogP contribution in [0.25, 0.3) is 10.3 Å². The molecule has 0 fully saturated rings. The molecule has 0 amide bonds. The zero-order chi connectivity index (χ0) is 14.1. The monoisotopic (exact) mass is 289 g/mol. The first-order valence-electron chi connectivity index (χ1n) is 5.85. The van der Waals surface area contributed by atoms with Gasteiger partial charge in [-0.3, -0.25) is 0 Å². The summed E-state index contributed by atoms with van der Waals surface area (Å²) < 4.78 is 7.31. The van der Waals surface area contributed by atoms with E-state index in [1.165, 1.54) is 11.3 Å². The Bertz CT molecular complexity index is 761. The molecular weight excluding hydrogens is 278 g/mol. The summed E-state index contributed by atoms with van der Waals surface area (Å²) in [6.45, 7) is 0.470. The number of nitrogens with zero attached hydrogens (tertiary/aromatic N) is 3. The number of benzene rings is 1. The number of aromatic carboxylic acids is 1. The lowest BCUT2D eigenvalue weighted by Crippen LogP contribution is -2.05. The summed E-state index contributed by atoms with van der Waals surface area (Å²) in [4.78, 5) is 15.3. The number of hydrogen-bond donors (Lipinski definition) is 1. The second kappa shape index (κ2) is 4.93. The van der Waals surface area contributed by atoms with E-state index in [2.05, 4.69) is 10.1 Å². The highest BCUT2D eigenvalue weighted by molar-refractivity contribution is 7.17. The van der Waals surface area contributed by atoms with Crippen LogP contribution in [0.1, 0.15) is 16.1 Å². The largest absolute Gasteiger partial charge is 0.497 e. The molecule has 0 aliphatic heterocycles. The van der Waals surface area contributed by atoms with Crippen molar-refractivity contribution in [3.8, 4) is 5.75 Å². The smallest absolute Gasteiger partial charge is 0.357 e. The Labute approximate surface area is 118 Å². The van der Waals surface area contributed by atoms with Gasteiger partial charge in [-0.2, -0.15) is 5.10 Å². The Hall–Kier alpha value is -2.41. The van der Waals surface area contributed by atoms with Gasteiger partial charge in [0.25, 0.3) is 0 Å². The number of carbonyl (C=O) groups is 1. The summed E-state index contributed by atoms with van der Waals surface area (Å²) in [5.74, 6) is -0.257. The lowest BCUT2D eigenvalue weighted by Gasteiger charge is -2.04. The Morgan fingerprint density at radius 1 is 1.40 bits per heavy atom. The van der Waals surface area contributed by atoms with Crippen LogP contribution < -0.4 is 4.74 Å². The predicted molar refractivity (Wildman–Crippen MR) is 74.5 cm³/mol. The minimum atomic E-state index is -1.03. The van der Waals surface area contributed by atoms with Crippen LogP contribution >= 0.6 is 11.3 Å². The van der Waals surface area contributed by atoms with E-state index in [0.717, 1.165) is 11.3 Å². The Morgan fingerprint density at radius 3 is 2.80 bits per heavy atom. The van der Waals surface area contributed by atoms with E-state index in [0.29, 0.717) is 16.9 Å². The third-order valence-corrected chi connectivity index (χ3v) is 3.75. The van der Waals surface area contributed by atoms with E-state index in [1.807, 2.05) is 24.3 Å². The average molecular weight is 289 g/mol. The van der Waals surface area contributed by atoms with Crippen LogP contribution in [-0.2, 0) is 6.54 Å². The van der Waals surface area contributed by atoms with Gasteiger partial charge in [0.2, 0.25) is 0 Å². The molecule has 0 aliphatic carbocycles. The summed E-state index contributed by atoms with van der Waals surface area (Å²) in [6.07, 6.45) is 0. The van der Waals surface area contributed by atoms with Gasteiger partial charge < -0.3 is 9.84 Å². The van der Waals surface area contributed by atoms with E-state index in [1.54, 1.807) is 17.3 Å². The zero-order valence-electron chi connectivity index (χ0n) is 10.6. The third-order valence-electron chi connectivity index (χ3n) is 2.92. The summed E-state index contributed by atoms with van der Waals surface area (Å²) in [5.41, 5.74) is 3.28. The van der Waals surface area contributed by atoms with Crippen molar-refractivity contribution < 1.29 is 14.6 Å². The van der Waals surface area contributed by atoms with Crippen molar-refractivity contribution in [2.75, 3.05) is 7.11 Å². The van der Waals surface area contributed by atoms with E-state index in [4.69, 9.17) is 9.84 Å². The van der Waals surface area contributed by atoms with Crippen molar-refractivity contribution in [2.24, 2.45) is 0 Å². The molecule has 0 atom stereocenters. The van der Waals surface area contributed by atoms with Crippen LogP contribution in [0.3, 0.4) is 0 Å². The van der Waals surface area contributed by atoms with Crippen LogP contribution in [0.4, 0.5) is 0 Å². The molecule has 2 heterocycles. The van der Waals surface area contributed by atoms with Gasteiger partial charge in [-0.05, 0) is 17.7 Å². The van der Waals surface area contributed by atoms with Crippen molar-refractivity contribution in [3.63, 3.8) is 0 Å². The number of hydrogen-bond acceptors (Lipinski definition) is 5. The lowest BCUT2D eigenvalue weighted by molar-refractivity contribution is 0.0691. The zero-order valence-corrected chi connectivity index (χ0v) is 11.4. The maximum Gasteiger partial charge on any atom is 0.357 e. The minimum absolute atomic E-state index is 0.0519. The van der Waals surface area contributed by atoms with Gasteiger partial charge >= 0.3 is 5.97 Å². The molecule has 0 unspecified atom stereocenters. The fourth-order valence-electron chi connectivity index (χ4n) is 1.95. The Kier molecular flexibility index (Phi) is 3.11. The summed E-state index contributed by atoms with van der Waals surface area (Å²) in [7, 11) is 1.61. The van der Waals surface area contributed by atoms with Gasteiger partial charge in [-0.15, -0.1) is 11.3 Å². The molecule has 102 valence electrons. The van der Waals surface area contributed by atoms with Crippen LogP contribution in [0.5, 0.6) is 5.75 Å². The molecule has 2 aromatic heterocycles. The number of thiazole rings is 1. The topological polar surface area (TPSA) is 77.2 Å². The van der Waals surface area contributed by atoms with Crippen molar-refractivity contribution in [2.45, 2.75) is 6.54 Å². The molecular formula is C13H11N3O3S. The van der Waals surface area contributed by atoms with Gasteiger partial charge in [0.05, 0.1) is 19.2 Å². The van der Waals surface area contributed by atoms with Gasteiger partial charge in [0.1, 0.15) is 10.4 Å². The number of ether oxygens (including phenoxy) is 1. The summed E-state index contributed by atoms with van der Waals surface area (Å²) >= 11 is 1.28. The fraction of sp³-hybridized carbons (Fsp3) is 0.154. The molecule has 0 bridgehead atoms. The number of fused-ring (bicyclic) bond motifs is 1. The van der Waals surface area contributed by atoms with E-state index in [9.17, 15) is 4.79 Å². The van der Waals surface area contributed by atoms with E-state index >= 15 is 0 Å². The highest BCUT2D eigenvalue weighted by atomic mass is 32.1. The number of rotatable bonds is 4. The molecule has 0 spiro atoms. The second-order valence-corrected chi connectivity index (χ2v) is 5.02. The molecule has 1 aromatic carbocycles. The Morgan fingerprint density at radius 2 is 2.15 bits per heavy atom. The first-order valence-corrected chi connectivity index (χ1v) is 6.73. The molecule has 0 radical (unpaired) electrons. The van der Waals surface area contributed by atoms with Gasteiger partial charge in [-0.25, -0.2) is 14.5 Å². The highest BCUT2D eigenvalue weighted by Crippen LogP contribution is 2.23. The average Bonchev–Trinajstić information content (AvgIpc) is 3.03. The molecule has 0 aliphatic rings. The van der Waals surface area contributed by atoms with Crippen molar-refractivity contribution in [1.82, 2.24) is 14.8 Å². The van der Waals surface area contributed by atoms with Crippen molar-refractivity contribution in [3.05, 3.63) is 41.0 Å². The van der Waals surface area contributed by atoms with Crippen molar-refractivity contribution >= 4 is 27.7 Å². The SMILES string of the molecule is COc1ccc(Cn2nc(C(=O)O)c3scnc32)cc1. The quantitative estimate of drug-likeness (QED) is 0.797. The number of methoxy groups -OCH3 is 1. The van der Waals surface area contributed by atoms with Crippen LogP contribution in [0, 0.1) is 0 Å². The lowest BCUT2D eigenvalue weighted by atomic mass is 10.2. The standard InChI is InChI=1S/C13H11N3O3S/c1-19-9-4-2-8(3-5-9)6-16-12-11(20-7-14-12)10(15-16)13(17)18/h2-5,7H,6H2,1H3,(H,17,18). The van der Waals surface area contributed by atoms with Gasteiger partial charge in [-0.1, -0.05) is 12.1 Å². The van der Waals surface area contributed by atoms with Gasteiger partial charge in [0.15, 0.2) is 11.3 Å². The maximum absolute atomic E-state index is 11.1. The maximum atomic E-state index is 11.1. The van der Waals surface area contributed by atoms with E-state index in [-0.39, 0.29) is 5.69 Å². The normalized spacial score (nSPS) is 10.8. The highest BCUT2D eigenvalue weighted by Gasteiger charge is 2.18. The molecule has 0 saturated heterocycles. The second-order valence-electron chi connectivity index (χ2n) is 4.16. The Balaban J connectivity index is 1.97. The fourth-order valence-corrected chi connectivity index (χ4v) is 2.71. The summed E-state index contributed by atoms with van der Waals surface area (Å²) in [6, 6.07) is 7.54. The minimum Gasteiger partial charge on any atom is -0.497 e. The number of aromatic nitrogens is 3. The molecule has 3 rings (SSSR count). The van der Waals surface area contributed by atoms with Crippen LogP contribution in [0.2, 0.25) is 0 Å². The number of carboxylic acids is 1. The third kappa shape index (κ3) is 2.12. The first-order chi connectivity index (χ1) is 9.69. The molecule has 6 nitrogen and oxygen atoms in total. The number of carboxylic acid groups (broad SMARTS) is 1. The van der Waals surface area contributed by atoms with Crippen LogP contribution in [-0.4, -0.2) is 33.0 Å². The molecule has 3 aromatic rings. The summed E-state index contributed by atoms with van der Waals surface area (Å²) in [5, 5.41) is 13.3. The van der Waals surface area contributed by atoms with Gasteiger partial charge in [0, 0.05) is 0 Å². The molecule has 7 heteroatoms.